The largest absolute Gasteiger partial charge is 0.498 e. The van der Waals surface area contributed by atoms with Crippen molar-refractivity contribution >= 4 is 18.4 Å². The van der Waals surface area contributed by atoms with Crippen molar-refractivity contribution in [2.45, 2.75) is 57.8 Å². The summed E-state index contributed by atoms with van der Waals surface area (Å²) in [6.45, 7) is 10.2. The van der Waals surface area contributed by atoms with Crippen LogP contribution in [0.5, 0.6) is 0 Å². The highest BCUT2D eigenvalue weighted by Crippen LogP contribution is 2.37. The molecule has 4 rings (SSSR count). The van der Waals surface area contributed by atoms with Crippen LogP contribution in [0.2, 0.25) is 0 Å². The summed E-state index contributed by atoms with van der Waals surface area (Å²) in [6, 6.07) is 2.46. The summed E-state index contributed by atoms with van der Waals surface area (Å²) >= 11 is 0. The van der Waals surface area contributed by atoms with Crippen molar-refractivity contribution < 1.29 is 9.31 Å². The van der Waals surface area contributed by atoms with Gasteiger partial charge in [-0.3, -0.25) is 4.68 Å². The van der Waals surface area contributed by atoms with Crippen molar-refractivity contribution in [2.75, 3.05) is 18.8 Å². The first-order chi connectivity index (χ1) is 12.8. The number of nitrogens with one attached hydrogen (secondary N) is 1. The Morgan fingerprint density at radius 2 is 1.78 bits per heavy atom. The molecule has 0 unspecified atom stereocenters. The molecule has 7 nitrogen and oxygen atoms in total. The number of aromatic nitrogens is 3. The molecule has 0 bridgehead atoms. The molecule has 0 aliphatic carbocycles. The molecule has 27 heavy (non-hydrogen) atoms. The number of hydrogen-bond donors (Lipinski definition) is 2. The maximum Gasteiger partial charge on any atom is 0.498 e. The quantitative estimate of drug-likeness (QED) is 0.802. The zero-order valence-electron chi connectivity index (χ0n) is 16.5. The van der Waals surface area contributed by atoms with Crippen LogP contribution in [0.4, 0.5) is 5.82 Å². The molecule has 2 aromatic rings. The maximum atomic E-state index is 6.15. The van der Waals surface area contributed by atoms with Crippen LogP contribution in [0, 0.1) is 0 Å². The van der Waals surface area contributed by atoms with Gasteiger partial charge in [-0.1, -0.05) is 0 Å². The molecule has 0 spiro atoms. The molecule has 2 aliphatic heterocycles. The van der Waals surface area contributed by atoms with Gasteiger partial charge in [0.1, 0.15) is 5.82 Å². The number of nitrogens with two attached hydrogens (primary N) is 1. The lowest BCUT2D eigenvalue weighted by molar-refractivity contribution is 0.00578. The lowest BCUT2D eigenvalue weighted by Gasteiger charge is -2.32. The summed E-state index contributed by atoms with van der Waals surface area (Å²) in [4.78, 5) is 4.39. The molecule has 2 aromatic heterocycles. The second kappa shape index (κ2) is 6.62. The molecule has 0 atom stereocenters. The predicted molar refractivity (Wildman–Crippen MR) is 107 cm³/mol. The SMILES string of the molecule is CC1(C)OB(c2cc(-c3cnn(C4CCNCC4)c3)cnc2N)OC1(C)C. The molecule has 8 heteroatoms. The number of nitrogen functional groups attached to an aromatic ring is 1. The van der Waals surface area contributed by atoms with E-state index in [0.717, 1.165) is 42.5 Å². The molecular weight excluding hydrogens is 341 g/mol. The first-order valence-corrected chi connectivity index (χ1v) is 9.63. The van der Waals surface area contributed by atoms with Gasteiger partial charge in [0.15, 0.2) is 0 Å². The highest BCUT2D eigenvalue weighted by atomic mass is 16.7. The van der Waals surface area contributed by atoms with Gasteiger partial charge in [-0.15, -0.1) is 0 Å². The van der Waals surface area contributed by atoms with Gasteiger partial charge in [-0.25, -0.2) is 4.98 Å². The second-order valence-electron chi connectivity index (χ2n) is 8.48. The van der Waals surface area contributed by atoms with Gasteiger partial charge in [-0.2, -0.15) is 5.10 Å². The van der Waals surface area contributed by atoms with Crippen molar-refractivity contribution in [2.24, 2.45) is 0 Å². The van der Waals surface area contributed by atoms with E-state index in [4.69, 9.17) is 15.0 Å². The molecule has 0 radical (unpaired) electrons. The van der Waals surface area contributed by atoms with E-state index in [2.05, 4.69) is 26.3 Å². The van der Waals surface area contributed by atoms with E-state index in [1.54, 1.807) is 6.20 Å². The third-order valence-corrected chi connectivity index (χ3v) is 6.07. The Morgan fingerprint density at radius 3 is 2.44 bits per heavy atom. The molecule has 2 fully saturated rings. The van der Waals surface area contributed by atoms with E-state index in [1.165, 1.54) is 0 Å². The van der Waals surface area contributed by atoms with Crippen molar-refractivity contribution in [1.82, 2.24) is 20.1 Å². The van der Waals surface area contributed by atoms with E-state index < -0.39 is 18.3 Å². The van der Waals surface area contributed by atoms with Gasteiger partial charge in [0.05, 0.1) is 23.4 Å². The van der Waals surface area contributed by atoms with Crippen LogP contribution in [0.3, 0.4) is 0 Å². The van der Waals surface area contributed by atoms with Crippen LogP contribution in [0.1, 0.15) is 46.6 Å². The minimum Gasteiger partial charge on any atom is -0.399 e. The van der Waals surface area contributed by atoms with E-state index in [0.29, 0.717) is 11.9 Å². The standard InChI is InChI=1S/C19H28BN5O2/c1-18(2)19(3,4)27-20(26-18)16-9-13(10-23-17(16)21)14-11-24-25(12-14)15-5-7-22-8-6-15/h9-12,15,22H,5-8H2,1-4H3,(H2,21,23). The number of rotatable bonds is 3. The van der Waals surface area contributed by atoms with Gasteiger partial charge in [0.2, 0.25) is 0 Å². The fraction of sp³-hybridized carbons (Fsp3) is 0.579. The van der Waals surface area contributed by atoms with Gasteiger partial charge >= 0.3 is 7.12 Å². The third kappa shape index (κ3) is 3.37. The smallest absolute Gasteiger partial charge is 0.399 e. The Kier molecular flexibility index (Phi) is 4.52. The van der Waals surface area contributed by atoms with E-state index in [-0.39, 0.29) is 0 Å². The summed E-state index contributed by atoms with van der Waals surface area (Å²) in [5, 5.41) is 7.97. The Morgan fingerprint density at radius 1 is 1.11 bits per heavy atom. The molecule has 2 saturated heterocycles. The van der Waals surface area contributed by atoms with Crippen LogP contribution in [0.15, 0.2) is 24.7 Å². The molecule has 4 heterocycles. The van der Waals surface area contributed by atoms with Gasteiger partial charge < -0.3 is 20.4 Å². The molecule has 3 N–H and O–H groups in total. The van der Waals surface area contributed by atoms with Crippen molar-refractivity contribution in [1.29, 1.82) is 0 Å². The maximum absolute atomic E-state index is 6.15. The topological polar surface area (TPSA) is 87.2 Å². The normalized spacial score (nSPS) is 22.3. The minimum atomic E-state index is -0.526. The number of hydrogen-bond acceptors (Lipinski definition) is 6. The lowest BCUT2D eigenvalue weighted by atomic mass is 9.78. The summed E-state index contributed by atoms with van der Waals surface area (Å²) in [5.41, 5.74) is 8.07. The third-order valence-electron chi connectivity index (χ3n) is 6.07. The van der Waals surface area contributed by atoms with Gasteiger partial charge in [-0.05, 0) is 59.7 Å². The summed E-state index contributed by atoms with van der Waals surface area (Å²) in [5.74, 6) is 0.433. The average molecular weight is 369 g/mol. The minimum absolute atomic E-state index is 0.417. The van der Waals surface area contributed by atoms with Crippen molar-refractivity contribution in [3.63, 3.8) is 0 Å². The Labute approximate surface area is 160 Å². The first kappa shape index (κ1) is 18.5. The Balaban J connectivity index is 1.61. The van der Waals surface area contributed by atoms with Crippen LogP contribution < -0.4 is 16.5 Å². The first-order valence-electron chi connectivity index (χ1n) is 9.63. The fourth-order valence-electron chi connectivity index (χ4n) is 3.57. The molecule has 0 saturated carbocycles. The van der Waals surface area contributed by atoms with Crippen molar-refractivity contribution in [3.05, 3.63) is 24.7 Å². The zero-order valence-corrected chi connectivity index (χ0v) is 16.5. The summed E-state index contributed by atoms with van der Waals surface area (Å²) in [7, 11) is -0.526. The fourth-order valence-corrected chi connectivity index (χ4v) is 3.57. The van der Waals surface area contributed by atoms with Gasteiger partial charge in [0.25, 0.3) is 0 Å². The molecule has 0 amide bonds. The second-order valence-corrected chi connectivity index (χ2v) is 8.48. The van der Waals surface area contributed by atoms with Crippen LogP contribution >= 0.6 is 0 Å². The number of nitrogens with zero attached hydrogens (tertiary/aromatic N) is 3. The number of pyridine rings is 1. The van der Waals surface area contributed by atoms with Crippen LogP contribution in [-0.4, -0.2) is 46.2 Å². The summed E-state index contributed by atoms with van der Waals surface area (Å²) < 4.78 is 14.4. The monoisotopic (exact) mass is 369 g/mol. The van der Waals surface area contributed by atoms with Gasteiger partial charge in [0, 0.05) is 29.0 Å². The highest BCUT2D eigenvalue weighted by Gasteiger charge is 2.52. The highest BCUT2D eigenvalue weighted by molar-refractivity contribution is 6.63. The Hall–Kier alpha value is -1.90. The molecule has 2 aliphatic rings. The molecule has 144 valence electrons. The Bertz CT molecular complexity index is 813. The molecular formula is C19H28BN5O2. The van der Waals surface area contributed by atoms with Crippen molar-refractivity contribution in [3.8, 4) is 11.1 Å². The number of piperidine rings is 1. The number of anilines is 1. The lowest BCUT2D eigenvalue weighted by Crippen LogP contribution is -2.41. The molecule has 0 aromatic carbocycles. The average Bonchev–Trinajstić information content (AvgIpc) is 3.19. The zero-order chi connectivity index (χ0) is 19.2. The summed E-state index contributed by atoms with van der Waals surface area (Å²) in [6.07, 6.45) is 7.97. The van der Waals surface area contributed by atoms with E-state index in [9.17, 15) is 0 Å². The van der Waals surface area contributed by atoms with Crippen LogP contribution in [0.25, 0.3) is 11.1 Å². The predicted octanol–water partition coefficient (Wildman–Crippen LogP) is 1.75. The van der Waals surface area contributed by atoms with E-state index >= 15 is 0 Å². The van der Waals surface area contributed by atoms with Crippen LogP contribution in [-0.2, 0) is 9.31 Å². The van der Waals surface area contributed by atoms with E-state index in [1.807, 2.05) is 40.0 Å².